The fraction of sp³-hybridized carbons (Fsp3) is 0.182. The van der Waals surface area contributed by atoms with Gasteiger partial charge in [0.2, 0.25) is 11.7 Å². The number of carbonyl (C=O) groups is 2. The van der Waals surface area contributed by atoms with Gasteiger partial charge in [-0.1, -0.05) is 18.2 Å². The van der Waals surface area contributed by atoms with Crippen molar-refractivity contribution in [3.8, 4) is 11.5 Å². The Hall–Kier alpha value is -4.14. The van der Waals surface area contributed by atoms with Crippen LogP contribution in [0.15, 0.2) is 42.6 Å². The van der Waals surface area contributed by atoms with Crippen molar-refractivity contribution in [1.29, 1.82) is 0 Å². The molecule has 1 aromatic heterocycles. The third-order valence-electron chi connectivity index (χ3n) is 4.68. The second kappa shape index (κ2) is 9.12. The number of methoxy groups -OCH3 is 3. The molecule has 31 heavy (non-hydrogen) atoms. The molecule has 0 aliphatic heterocycles. The van der Waals surface area contributed by atoms with Crippen molar-refractivity contribution in [3.63, 3.8) is 0 Å². The molecule has 0 radical (unpaired) electrons. The molecule has 9 heteroatoms. The van der Waals surface area contributed by atoms with E-state index < -0.39 is 11.8 Å². The molecule has 1 heterocycles. The number of nitrogens with zero attached hydrogens (tertiary/aromatic N) is 2. The third kappa shape index (κ3) is 4.40. The van der Waals surface area contributed by atoms with Gasteiger partial charge in [-0.05, 0) is 23.8 Å². The van der Waals surface area contributed by atoms with Crippen molar-refractivity contribution >= 4 is 23.5 Å². The average Bonchev–Trinajstić information content (AvgIpc) is 2.79. The van der Waals surface area contributed by atoms with Crippen molar-refractivity contribution < 1.29 is 23.8 Å². The highest BCUT2D eigenvalue weighted by atomic mass is 16.5. The second-order valence-electron chi connectivity index (χ2n) is 6.56. The Kier molecular flexibility index (Phi) is 6.35. The molecule has 0 atom stereocenters. The van der Waals surface area contributed by atoms with Gasteiger partial charge in [-0.25, -0.2) is 9.78 Å². The summed E-state index contributed by atoms with van der Waals surface area (Å²) in [7, 11) is 4.15. The molecule has 0 aliphatic rings. The first-order valence-corrected chi connectivity index (χ1v) is 9.23. The number of nitrogen functional groups attached to an aromatic ring is 2. The number of ether oxygens (including phenoxy) is 3. The fourth-order valence-electron chi connectivity index (χ4n) is 3.19. The van der Waals surface area contributed by atoms with E-state index >= 15 is 0 Å². The number of benzene rings is 2. The van der Waals surface area contributed by atoms with Crippen LogP contribution in [-0.2, 0) is 11.2 Å². The average molecular weight is 422 g/mol. The van der Waals surface area contributed by atoms with Crippen molar-refractivity contribution in [1.82, 2.24) is 9.97 Å². The first-order chi connectivity index (χ1) is 14.9. The van der Waals surface area contributed by atoms with Gasteiger partial charge in [0.05, 0.1) is 26.9 Å². The highest BCUT2D eigenvalue weighted by Crippen LogP contribution is 2.34. The zero-order chi connectivity index (χ0) is 22.5. The van der Waals surface area contributed by atoms with E-state index in [-0.39, 0.29) is 40.0 Å². The van der Waals surface area contributed by atoms with Crippen LogP contribution in [0.25, 0.3) is 0 Å². The molecular formula is C22H22N4O5. The SMILES string of the molecule is COC(=O)c1ccccc1C(=O)c1c(OC)cc(Cc2cnc(N)nc2N)cc1OC. The van der Waals surface area contributed by atoms with Crippen LogP contribution in [0.3, 0.4) is 0 Å². The van der Waals surface area contributed by atoms with Gasteiger partial charge in [-0.15, -0.1) is 0 Å². The van der Waals surface area contributed by atoms with E-state index in [9.17, 15) is 9.59 Å². The number of ketones is 1. The second-order valence-corrected chi connectivity index (χ2v) is 6.56. The maximum absolute atomic E-state index is 13.4. The summed E-state index contributed by atoms with van der Waals surface area (Å²) in [4.78, 5) is 33.4. The molecule has 2 aromatic carbocycles. The molecule has 0 aliphatic carbocycles. The number of carbonyl (C=O) groups excluding carboxylic acids is 2. The fourth-order valence-corrected chi connectivity index (χ4v) is 3.19. The number of hydrogen-bond donors (Lipinski definition) is 2. The van der Waals surface area contributed by atoms with Gasteiger partial charge in [0, 0.05) is 23.7 Å². The molecule has 0 unspecified atom stereocenters. The van der Waals surface area contributed by atoms with Crippen LogP contribution in [0.2, 0.25) is 0 Å². The Bertz CT molecular complexity index is 1120. The zero-order valence-corrected chi connectivity index (χ0v) is 17.3. The van der Waals surface area contributed by atoms with Gasteiger partial charge in [0.25, 0.3) is 0 Å². The summed E-state index contributed by atoms with van der Waals surface area (Å²) in [6.45, 7) is 0. The van der Waals surface area contributed by atoms with Gasteiger partial charge in [-0.3, -0.25) is 4.79 Å². The topological polar surface area (TPSA) is 140 Å². The maximum atomic E-state index is 13.4. The van der Waals surface area contributed by atoms with Crippen LogP contribution in [-0.4, -0.2) is 43.0 Å². The zero-order valence-electron chi connectivity index (χ0n) is 17.3. The summed E-state index contributed by atoms with van der Waals surface area (Å²) in [6, 6.07) is 9.79. The van der Waals surface area contributed by atoms with Crippen molar-refractivity contribution in [2.75, 3.05) is 32.8 Å². The van der Waals surface area contributed by atoms with Gasteiger partial charge in [0.15, 0.2) is 0 Å². The molecule has 0 amide bonds. The maximum Gasteiger partial charge on any atom is 0.338 e. The third-order valence-corrected chi connectivity index (χ3v) is 4.68. The van der Waals surface area contributed by atoms with Crippen LogP contribution in [0, 0.1) is 0 Å². The van der Waals surface area contributed by atoms with E-state index in [2.05, 4.69) is 9.97 Å². The minimum atomic E-state index is -0.614. The Labute approximate surface area is 179 Å². The summed E-state index contributed by atoms with van der Waals surface area (Å²) in [5, 5.41) is 0. The van der Waals surface area contributed by atoms with Crippen molar-refractivity contribution in [2.24, 2.45) is 0 Å². The summed E-state index contributed by atoms with van der Waals surface area (Å²) < 4.78 is 15.8. The molecule has 9 nitrogen and oxygen atoms in total. The molecule has 0 saturated heterocycles. The number of esters is 1. The van der Waals surface area contributed by atoms with E-state index in [1.165, 1.54) is 27.4 Å². The van der Waals surface area contributed by atoms with E-state index in [0.717, 1.165) is 5.56 Å². The largest absolute Gasteiger partial charge is 0.496 e. The lowest BCUT2D eigenvalue weighted by molar-refractivity contribution is 0.0597. The van der Waals surface area contributed by atoms with E-state index in [1.54, 1.807) is 36.5 Å². The number of aromatic nitrogens is 2. The van der Waals surface area contributed by atoms with Crippen LogP contribution in [0.1, 0.15) is 37.4 Å². The molecule has 3 rings (SSSR count). The van der Waals surface area contributed by atoms with Gasteiger partial charge >= 0.3 is 5.97 Å². The van der Waals surface area contributed by atoms with E-state index in [0.29, 0.717) is 12.0 Å². The summed E-state index contributed by atoms with van der Waals surface area (Å²) in [5.41, 5.74) is 13.4. The molecule has 0 fully saturated rings. The predicted octanol–water partition coefficient (Wildman–Crippen LogP) is 2.27. The molecule has 0 spiro atoms. The lowest BCUT2D eigenvalue weighted by Crippen LogP contribution is -2.13. The highest BCUT2D eigenvalue weighted by Gasteiger charge is 2.25. The van der Waals surface area contributed by atoms with Gasteiger partial charge in [-0.2, -0.15) is 4.98 Å². The van der Waals surface area contributed by atoms with Crippen molar-refractivity contribution in [2.45, 2.75) is 6.42 Å². The van der Waals surface area contributed by atoms with Crippen LogP contribution in [0.5, 0.6) is 11.5 Å². The first-order valence-electron chi connectivity index (χ1n) is 9.23. The smallest absolute Gasteiger partial charge is 0.338 e. The predicted molar refractivity (Wildman–Crippen MR) is 114 cm³/mol. The molecule has 0 saturated carbocycles. The number of anilines is 2. The highest BCUT2D eigenvalue weighted by molar-refractivity contribution is 6.17. The standard InChI is InChI=1S/C22H22N4O5/c1-29-16-9-12(8-13-11-25-22(24)26-20(13)23)10-17(30-2)18(16)19(27)14-6-4-5-7-15(14)21(28)31-3/h4-7,9-11H,8H2,1-3H3,(H4,23,24,25,26). The van der Waals surface area contributed by atoms with E-state index in [1.807, 2.05) is 0 Å². The van der Waals surface area contributed by atoms with Crippen LogP contribution >= 0.6 is 0 Å². The molecule has 0 bridgehead atoms. The number of hydrogen-bond acceptors (Lipinski definition) is 9. The van der Waals surface area contributed by atoms with Gasteiger partial charge in [0.1, 0.15) is 22.9 Å². The number of rotatable bonds is 7. The molecule has 4 N–H and O–H groups in total. The minimum absolute atomic E-state index is 0.0848. The molecular weight excluding hydrogens is 400 g/mol. The summed E-state index contributed by atoms with van der Waals surface area (Å²) in [6.07, 6.45) is 1.91. The van der Waals surface area contributed by atoms with Crippen LogP contribution < -0.4 is 20.9 Å². The number of nitrogens with two attached hydrogens (primary N) is 2. The minimum Gasteiger partial charge on any atom is -0.496 e. The van der Waals surface area contributed by atoms with Gasteiger partial charge < -0.3 is 25.7 Å². The first kappa shape index (κ1) is 21.6. The Morgan fingerprint density at radius 3 is 2.13 bits per heavy atom. The summed E-state index contributed by atoms with van der Waals surface area (Å²) >= 11 is 0. The Balaban J connectivity index is 2.08. The van der Waals surface area contributed by atoms with Crippen LogP contribution in [0.4, 0.5) is 11.8 Å². The molecule has 160 valence electrons. The Morgan fingerprint density at radius 1 is 0.968 bits per heavy atom. The monoisotopic (exact) mass is 422 g/mol. The van der Waals surface area contributed by atoms with Crippen molar-refractivity contribution in [3.05, 3.63) is 70.4 Å². The molecule has 3 aromatic rings. The lowest BCUT2D eigenvalue weighted by Gasteiger charge is -2.16. The Morgan fingerprint density at radius 2 is 1.58 bits per heavy atom. The van der Waals surface area contributed by atoms with E-state index in [4.69, 9.17) is 25.7 Å². The normalized spacial score (nSPS) is 10.4. The lowest BCUT2D eigenvalue weighted by atomic mass is 9.94. The quantitative estimate of drug-likeness (QED) is 0.433. The summed E-state index contributed by atoms with van der Waals surface area (Å²) in [5.74, 6) is -0.129.